The van der Waals surface area contributed by atoms with Crippen molar-refractivity contribution >= 4 is 49.4 Å². The molecule has 0 atom stereocenters. The number of carbonyl (C=O) groups is 2. The predicted molar refractivity (Wildman–Crippen MR) is 81.0 cm³/mol. The van der Waals surface area contributed by atoms with Crippen molar-refractivity contribution in [1.29, 1.82) is 0 Å². The number of nitrogens with one attached hydrogen (secondary N) is 1. The van der Waals surface area contributed by atoms with Gasteiger partial charge in [-0.25, -0.2) is 9.78 Å². The first-order valence-electron chi connectivity index (χ1n) is 5.43. The van der Waals surface area contributed by atoms with Crippen LogP contribution in [0.1, 0.15) is 20.7 Å². The number of amides is 1. The first-order valence-corrected chi connectivity index (χ1v) is 7.02. The molecule has 2 N–H and O–H groups in total. The molecule has 20 heavy (non-hydrogen) atoms. The quantitative estimate of drug-likeness (QED) is 0.773. The molecule has 1 aromatic heterocycles. The molecule has 0 fully saturated rings. The van der Waals surface area contributed by atoms with Crippen molar-refractivity contribution < 1.29 is 14.7 Å². The summed E-state index contributed by atoms with van der Waals surface area (Å²) in [5, 5.41) is 11.6. The highest BCUT2D eigenvalue weighted by atomic mass is 79.9. The minimum Gasteiger partial charge on any atom is -0.478 e. The molecule has 7 heteroatoms. The summed E-state index contributed by atoms with van der Waals surface area (Å²) in [7, 11) is 0. The summed E-state index contributed by atoms with van der Waals surface area (Å²) in [6.07, 6.45) is 1.50. The molecule has 0 spiro atoms. The van der Waals surface area contributed by atoms with E-state index >= 15 is 0 Å². The number of halogens is 2. The summed E-state index contributed by atoms with van der Waals surface area (Å²) in [5.74, 6) is -1.41. The van der Waals surface area contributed by atoms with Gasteiger partial charge in [-0.15, -0.1) is 0 Å². The summed E-state index contributed by atoms with van der Waals surface area (Å²) in [6, 6.07) is 7.55. The van der Waals surface area contributed by atoms with Crippen LogP contribution in [0, 0.1) is 0 Å². The van der Waals surface area contributed by atoms with Crippen LogP contribution < -0.4 is 5.32 Å². The van der Waals surface area contributed by atoms with E-state index < -0.39 is 5.97 Å². The van der Waals surface area contributed by atoms with Crippen molar-refractivity contribution in [3.63, 3.8) is 0 Å². The molecule has 0 aliphatic heterocycles. The number of rotatable bonds is 3. The van der Waals surface area contributed by atoms with E-state index in [2.05, 4.69) is 42.2 Å². The average Bonchev–Trinajstić information content (AvgIpc) is 2.41. The van der Waals surface area contributed by atoms with Gasteiger partial charge in [-0.3, -0.25) is 4.79 Å². The van der Waals surface area contributed by atoms with E-state index in [4.69, 9.17) is 5.11 Å². The number of carboxylic acid groups (broad SMARTS) is 1. The Morgan fingerprint density at radius 1 is 1.10 bits per heavy atom. The number of anilines is 1. The van der Waals surface area contributed by atoms with Gasteiger partial charge < -0.3 is 10.4 Å². The van der Waals surface area contributed by atoms with Gasteiger partial charge in [-0.05, 0) is 62.2 Å². The Labute approximate surface area is 131 Å². The summed E-state index contributed by atoms with van der Waals surface area (Å²) in [5.41, 5.74) is 0.904. The third kappa shape index (κ3) is 3.43. The Hall–Kier alpha value is -1.73. The normalized spacial score (nSPS) is 10.1. The number of carbonyl (C=O) groups excluding carboxylic acids is 1. The van der Waals surface area contributed by atoms with Gasteiger partial charge in [0, 0.05) is 16.2 Å². The highest BCUT2D eigenvalue weighted by Gasteiger charge is 2.11. The standard InChI is InChI=1S/C13H8Br2N2O3/c14-9-2-1-8(13(19)20)5-10(9)17-12(18)7-3-4-16-11(15)6-7/h1-6H,(H,17,18)(H,19,20). The van der Waals surface area contributed by atoms with Crippen LogP contribution in [-0.2, 0) is 0 Å². The number of hydrogen-bond acceptors (Lipinski definition) is 3. The van der Waals surface area contributed by atoms with E-state index in [-0.39, 0.29) is 11.5 Å². The minimum atomic E-state index is -1.06. The van der Waals surface area contributed by atoms with Crippen LogP contribution in [-0.4, -0.2) is 22.0 Å². The molecule has 1 amide bonds. The lowest BCUT2D eigenvalue weighted by Gasteiger charge is -2.08. The Kier molecular flexibility index (Phi) is 4.51. The molecule has 2 rings (SSSR count). The molecule has 1 aromatic carbocycles. The average molecular weight is 400 g/mol. The fourth-order valence-corrected chi connectivity index (χ4v) is 2.20. The first-order chi connectivity index (χ1) is 9.47. The third-order valence-electron chi connectivity index (χ3n) is 2.45. The molecule has 1 heterocycles. The fourth-order valence-electron chi connectivity index (χ4n) is 1.49. The van der Waals surface area contributed by atoms with Gasteiger partial charge in [0.1, 0.15) is 4.60 Å². The molecule has 2 aromatic rings. The largest absolute Gasteiger partial charge is 0.478 e. The van der Waals surface area contributed by atoms with Gasteiger partial charge in [0.2, 0.25) is 0 Å². The number of pyridine rings is 1. The van der Waals surface area contributed by atoms with Gasteiger partial charge in [0.15, 0.2) is 0 Å². The number of benzene rings is 1. The van der Waals surface area contributed by atoms with Crippen molar-refractivity contribution in [2.75, 3.05) is 5.32 Å². The zero-order valence-corrected chi connectivity index (χ0v) is 13.1. The highest BCUT2D eigenvalue weighted by Crippen LogP contribution is 2.24. The molecular formula is C13H8Br2N2O3. The maximum atomic E-state index is 12.1. The van der Waals surface area contributed by atoms with Crippen molar-refractivity contribution in [2.45, 2.75) is 0 Å². The molecule has 0 radical (unpaired) electrons. The molecule has 0 saturated heterocycles. The zero-order valence-electron chi connectivity index (χ0n) is 9.93. The van der Waals surface area contributed by atoms with Gasteiger partial charge in [0.05, 0.1) is 11.3 Å². The summed E-state index contributed by atoms with van der Waals surface area (Å²) >= 11 is 6.45. The Morgan fingerprint density at radius 3 is 2.50 bits per heavy atom. The summed E-state index contributed by atoms with van der Waals surface area (Å²) in [4.78, 5) is 26.9. The van der Waals surface area contributed by atoms with E-state index in [1.165, 1.54) is 18.3 Å². The van der Waals surface area contributed by atoms with E-state index in [1.54, 1.807) is 18.2 Å². The van der Waals surface area contributed by atoms with Crippen molar-refractivity contribution in [2.24, 2.45) is 0 Å². The molecule has 0 bridgehead atoms. The maximum Gasteiger partial charge on any atom is 0.335 e. The van der Waals surface area contributed by atoms with E-state index in [0.717, 1.165) is 0 Å². The second-order valence-corrected chi connectivity index (χ2v) is 5.49. The second kappa shape index (κ2) is 6.15. The molecule has 0 aliphatic rings. The maximum absolute atomic E-state index is 12.1. The Balaban J connectivity index is 2.27. The minimum absolute atomic E-state index is 0.0967. The predicted octanol–water partition coefficient (Wildman–Crippen LogP) is 3.56. The third-order valence-corrected chi connectivity index (χ3v) is 3.58. The molecule has 0 aliphatic carbocycles. The van der Waals surface area contributed by atoms with E-state index in [9.17, 15) is 9.59 Å². The van der Waals surface area contributed by atoms with Gasteiger partial charge >= 0.3 is 5.97 Å². The molecule has 5 nitrogen and oxygen atoms in total. The number of hydrogen-bond donors (Lipinski definition) is 2. The fraction of sp³-hybridized carbons (Fsp3) is 0. The molecule has 0 unspecified atom stereocenters. The SMILES string of the molecule is O=C(O)c1ccc(Br)c(NC(=O)c2ccnc(Br)c2)c1. The zero-order chi connectivity index (χ0) is 14.7. The Morgan fingerprint density at radius 2 is 1.85 bits per heavy atom. The van der Waals surface area contributed by atoms with Gasteiger partial charge in [-0.2, -0.15) is 0 Å². The molecular weight excluding hydrogens is 392 g/mol. The van der Waals surface area contributed by atoms with E-state index in [1.807, 2.05) is 0 Å². The van der Waals surface area contributed by atoms with Crippen molar-refractivity contribution in [1.82, 2.24) is 4.98 Å². The lowest BCUT2D eigenvalue weighted by atomic mass is 10.2. The van der Waals surface area contributed by atoms with Crippen LogP contribution in [0.15, 0.2) is 45.6 Å². The van der Waals surface area contributed by atoms with Gasteiger partial charge in [0.25, 0.3) is 5.91 Å². The number of aromatic carboxylic acids is 1. The van der Waals surface area contributed by atoms with Crippen LogP contribution in [0.25, 0.3) is 0 Å². The highest BCUT2D eigenvalue weighted by molar-refractivity contribution is 9.10. The van der Waals surface area contributed by atoms with Crippen LogP contribution >= 0.6 is 31.9 Å². The number of aromatic nitrogens is 1. The van der Waals surface area contributed by atoms with Gasteiger partial charge in [-0.1, -0.05) is 0 Å². The first kappa shape index (κ1) is 14.7. The smallest absolute Gasteiger partial charge is 0.335 e. The number of nitrogens with zero attached hydrogens (tertiary/aromatic N) is 1. The van der Waals surface area contributed by atoms with Crippen LogP contribution in [0.2, 0.25) is 0 Å². The Bertz CT molecular complexity index is 689. The van der Waals surface area contributed by atoms with Crippen LogP contribution in [0.3, 0.4) is 0 Å². The van der Waals surface area contributed by atoms with E-state index in [0.29, 0.717) is 20.3 Å². The summed E-state index contributed by atoms with van der Waals surface area (Å²) in [6.45, 7) is 0. The molecule has 102 valence electrons. The topological polar surface area (TPSA) is 79.3 Å². The number of carboxylic acids is 1. The van der Waals surface area contributed by atoms with Crippen LogP contribution in [0.5, 0.6) is 0 Å². The monoisotopic (exact) mass is 398 g/mol. The summed E-state index contributed by atoms with van der Waals surface area (Å²) < 4.78 is 1.15. The van der Waals surface area contributed by atoms with Crippen molar-refractivity contribution in [3.05, 3.63) is 56.7 Å². The van der Waals surface area contributed by atoms with Crippen molar-refractivity contribution in [3.8, 4) is 0 Å². The second-order valence-electron chi connectivity index (χ2n) is 3.82. The lowest BCUT2D eigenvalue weighted by Crippen LogP contribution is -2.13. The lowest BCUT2D eigenvalue weighted by molar-refractivity contribution is 0.0696. The molecule has 0 saturated carbocycles. The van der Waals surface area contributed by atoms with Crippen LogP contribution in [0.4, 0.5) is 5.69 Å².